The molecule has 1 N–H and O–H groups in total. The predicted molar refractivity (Wildman–Crippen MR) is 118 cm³/mol. The molecule has 2 aromatic carbocycles. The molecule has 0 bridgehead atoms. The lowest BCUT2D eigenvalue weighted by molar-refractivity contribution is -0.148. The van der Waals surface area contributed by atoms with Crippen LogP contribution in [0.15, 0.2) is 42.5 Å². The molecule has 0 saturated heterocycles. The number of rotatable bonds is 8. The lowest BCUT2D eigenvalue weighted by atomic mass is 10.1. The smallest absolute Gasteiger partial charge is 0.331 e. The molecule has 0 aliphatic carbocycles. The summed E-state index contributed by atoms with van der Waals surface area (Å²) >= 11 is 0. The number of carbonyl (C=O) groups is 2. The van der Waals surface area contributed by atoms with Crippen molar-refractivity contribution < 1.29 is 28.5 Å². The molecule has 3 rings (SSSR count). The summed E-state index contributed by atoms with van der Waals surface area (Å²) in [6.45, 7) is 5.91. The molecule has 7 nitrogen and oxygen atoms in total. The van der Waals surface area contributed by atoms with E-state index < -0.39 is 18.0 Å². The Bertz CT molecular complexity index is 984. The van der Waals surface area contributed by atoms with Crippen LogP contribution in [0, 0.1) is 0 Å². The van der Waals surface area contributed by atoms with Gasteiger partial charge in [0.1, 0.15) is 23.4 Å². The third-order valence-electron chi connectivity index (χ3n) is 4.75. The van der Waals surface area contributed by atoms with Crippen LogP contribution in [0.25, 0.3) is 6.08 Å². The van der Waals surface area contributed by atoms with Gasteiger partial charge in [0.05, 0.1) is 19.4 Å². The van der Waals surface area contributed by atoms with E-state index in [1.165, 1.54) is 20.1 Å². The van der Waals surface area contributed by atoms with E-state index >= 15 is 0 Å². The molecular formula is C24H27NO6. The molecular weight excluding hydrogens is 398 g/mol. The molecule has 0 unspecified atom stereocenters. The van der Waals surface area contributed by atoms with Crippen molar-refractivity contribution in [3.63, 3.8) is 0 Å². The van der Waals surface area contributed by atoms with Gasteiger partial charge in [-0.2, -0.15) is 0 Å². The first-order valence-corrected chi connectivity index (χ1v) is 10.2. The summed E-state index contributed by atoms with van der Waals surface area (Å²) in [5, 5.41) is 2.70. The van der Waals surface area contributed by atoms with E-state index in [4.69, 9.17) is 18.9 Å². The quantitative estimate of drug-likeness (QED) is 0.508. The van der Waals surface area contributed by atoms with Crippen molar-refractivity contribution in [3.8, 4) is 17.2 Å². The SMILES string of the molecule is CCOc1cc2c(cc1/C=C/C(=O)O[C@@H](C)C(=O)Nc1ccccc1OC)O[C@H](C)C2. The zero-order chi connectivity index (χ0) is 22.4. The zero-order valence-electron chi connectivity index (χ0n) is 18.1. The molecule has 164 valence electrons. The maximum Gasteiger partial charge on any atom is 0.331 e. The highest BCUT2D eigenvalue weighted by Gasteiger charge is 2.22. The average molecular weight is 425 g/mol. The zero-order valence-corrected chi connectivity index (χ0v) is 18.1. The molecule has 31 heavy (non-hydrogen) atoms. The fourth-order valence-corrected chi connectivity index (χ4v) is 3.27. The van der Waals surface area contributed by atoms with E-state index in [2.05, 4.69) is 5.32 Å². The van der Waals surface area contributed by atoms with Crippen molar-refractivity contribution in [3.05, 3.63) is 53.6 Å². The molecule has 0 aromatic heterocycles. The van der Waals surface area contributed by atoms with E-state index in [1.54, 1.807) is 30.3 Å². The van der Waals surface area contributed by atoms with Crippen LogP contribution in [-0.2, 0) is 20.7 Å². The van der Waals surface area contributed by atoms with Crippen molar-refractivity contribution in [2.45, 2.75) is 39.4 Å². The number of hydrogen-bond acceptors (Lipinski definition) is 6. The standard InChI is InChI=1S/C24H27NO6/c1-5-29-21-14-18-12-15(2)30-22(18)13-17(21)10-11-23(26)31-16(3)24(27)25-19-8-6-7-9-20(19)28-4/h6-11,13-16H,5,12H2,1-4H3,(H,25,27)/b11-10+/t15-,16+/m1/s1. The molecule has 0 fully saturated rings. The minimum Gasteiger partial charge on any atom is -0.495 e. The van der Waals surface area contributed by atoms with Crippen LogP contribution in [0.3, 0.4) is 0 Å². The van der Waals surface area contributed by atoms with Crippen molar-refractivity contribution in [2.24, 2.45) is 0 Å². The van der Waals surface area contributed by atoms with Crippen LogP contribution >= 0.6 is 0 Å². The van der Waals surface area contributed by atoms with E-state index in [0.29, 0.717) is 29.4 Å². The Hall–Kier alpha value is -3.48. The van der Waals surface area contributed by atoms with Gasteiger partial charge in [0.15, 0.2) is 6.10 Å². The fourth-order valence-electron chi connectivity index (χ4n) is 3.27. The minimum atomic E-state index is -0.988. The highest BCUT2D eigenvalue weighted by Crippen LogP contribution is 2.35. The Balaban J connectivity index is 1.65. The van der Waals surface area contributed by atoms with Gasteiger partial charge in [0.25, 0.3) is 5.91 Å². The van der Waals surface area contributed by atoms with Gasteiger partial charge in [-0.05, 0) is 51.1 Å². The van der Waals surface area contributed by atoms with Crippen LogP contribution < -0.4 is 19.5 Å². The Kier molecular flexibility index (Phi) is 7.18. The second kappa shape index (κ2) is 10.0. The normalized spacial score (nSPS) is 15.7. The number of nitrogens with one attached hydrogen (secondary N) is 1. The molecule has 1 heterocycles. The summed E-state index contributed by atoms with van der Waals surface area (Å²) in [5.74, 6) is 0.880. The van der Waals surface area contributed by atoms with Gasteiger partial charge in [-0.1, -0.05) is 12.1 Å². The summed E-state index contributed by atoms with van der Waals surface area (Å²) in [6, 6.07) is 10.8. The molecule has 0 radical (unpaired) electrons. The monoisotopic (exact) mass is 425 g/mol. The van der Waals surface area contributed by atoms with Gasteiger partial charge in [0.2, 0.25) is 0 Å². The first kappa shape index (κ1) is 22.2. The van der Waals surface area contributed by atoms with Crippen molar-refractivity contribution in [1.82, 2.24) is 0 Å². The number of para-hydroxylation sites is 2. The van der Waals surface area contributed by atoms with E-state index in [0.717, 1.165) is 17.7 Å². The first-order valence-electron chi connectivity index (χ1n) is 10.2. The Morgan fingerprint density at radius 3 is 2.77 bits per heavy atom. The molecule has 2 atom stereocenters. The van der Waals surface area contributed by atoms with E-state index in [9.17, 15) is 9.59 Å². The van der Waals surface area contributed by atoms with E-state index in [1.807, 2.05) is 26.0 Å². The highest BCUT2D eigenvalue weighted by molar-refractivity contribution is 5.97. The number of esters is 1. The second-order valence-electron chi connectivity index (χ2n) is 7.17. The Morgan fingerprint density at radius 2 is 2.03 bits per heavy atom. The lowest BCUT2D eigenvalue weighted by Gasteiger charge is -2.14. The number of benzene rings is 2. The third kappa shape index (κ3) is 5.57. The number of hydrogen-bond donors (Lipinski definition) is 1. The average Bonchev–Trinajstić information content (AvgIpc) is 3.11. The fraction of sp³-hybridized carbons (Fsp3) is 0.333. The summed E-state index contributed by atoms with van der Waals surface area (Å²) in [4.78, 5) is 24.7. The van der Waals surface area contributed by atoms with Gasteiger partial charge in [-0.25, -0.2) is 4.79 Å². The summed E-state index contributed by atoms with van der Waals surface area (Å²) in [7, 11) is 1.51. The maximum atomic E-state index is 12.4. The van der Waals surface area contributed by atoms with Crippen LogP contribution in [0.4, 0.5) is 5.69 Å². The number of amides is 1. The second-order valence-corrected chi connectivity index (χ2v) is 7.17. The molecule has 1 aliphatic heterocycles. The third-order valence-corrected chi connectivity index (χ3v) is 4.75. The van der Waals surface area contributed by atoms with Crippen LogP contribution in [0.1, 0.15) is 31.9 Å². The van der Waals surface area contributed by atoms with Gasteiger partial charge in [-0.3, -0.25) is 4.79 Å². The van der Waals surface area contributed by atoms with Crippen molar-refractivity contribution in [1.29, 1.82) is 0 Å². The maximum absolute atomic E-state index is 12.4. The minimum absolute atomic E-state index is 0.108. The predicted octanol–water partition coefficient (Wildman–Crippen LogP) is 4.00. The van der Waals surface area contributed by atoms with Crippen molar-refractivity contribution >= 4 is 23.6 Å². The largest absolute Gasteiger partial charge is 0.495 e. The molecule has 0 saturated carbocycles. The molecule has 1 aliphatic rings. The Morgan fingerprint density at radius 1 is 1.26 bits per heavy atom. The van der Waals surface area contributed by atoms with Crippen molar-refractivity contribution in [2.75, 3.05) is 19.0 Å². The van der Waals surface area contributed by atoms with Gasteiger partial charge in [0, 0.05) is 23.6 Å². The van der Waals surface area contributed by atoms with E-state index in [-0.39, 0.29) is 6.10 Å². The number of carbonyl (C=O) groups excluding carboxylic acids is 2. The summed E-state index contributed by atoms with van der Waals surface area (Å²) in [5.41, 5.74) is 2.29. The van der Waals surface area contributed by atoms with Crippen LogP contribution in [0.2, 0.25) is 0 Å². The summed E-state index contributed by atoms with van der Waals surface area (Å²) < 4.78 is 21.9. The molecule has 7 heteroatoms. The topological polar surface area (TPSA) is 83.1 Å². The molecule has 2 aromatic rings. The number of ether oxygens (including phenoxy) is 4. The Labute approximate surface area is 181 Å². The van der Waals surface area contributed by atoms with Gasteiger partial charge < -0.3 is 24.3 Å². The first-order chi connectivity index (χ1) is 14.9. The van der Waals surface area contributed by atoms with Gasteiger partial charge in [-0.15, -0.1) is 0 Å². The van der Waals surface area contributed by atoms with Crippen LogP contribution in [-0.4, -0.2) is 37.8 Å². The molecule has 0 spiro atoms. The lowest BCUT2D eigenvalue weighted by Crippen LogP contribution is -2.29. The highest BCUT2D eigenvalue weighted by atomic mass is 16.5. The molecule has 1 amide bonds. The van der Waals surface area contributed by atoms with Gasteiger partial charge >= 0.3 is 5.97 Å². The van der Waals surface area contributed by atoms with Crippen LogP contribution in [0.5, 0.6) is 17.2 Å². The summed E-state index contributed by atoms with van der Waals surface area (Å²) in [6.07, 6.45) is 2.81. The number of fused-ring (bicyclic) bond motifs is 1. The number of anilines is 1. The number of methoxy groups -OCH3 is 1.